The molecule has 0 saturated carbocycles. The van der Waals surface area contributed by atoms with Gasteiger partial charge in [-0.05, 0) is 48.4 Å². The summed E-state index contributed by atoms with van der Waals surface area (Å²) in [5, 5.41) is 18.8. The predicted molar refractivity (Wildman–Crippen MR) is 105 cm³/mol. The molecule has 7 nitrogen and oxygen atoms in total. The molecule has 26 heavy (non-hydrogen) atoms. The highest BCUT2D eigenvalue weighted by molar-refractivity contribution is 6.02. The highest BCUT2D eigenvalue weighted by Gasteiger charge is 2.11. The lowest BCUT2D eigenvalue weighted by molar-refractivity contribution is -0.136. The molecule has 0 aliphatic heterocycles. The number of halogens is 1. The highest BCUT2D eigenvalue weighted by atomic mass is 35.5. The van der Waals surface area contributed by atoms with Crippen molar-refractivity contribution in [1.82, 2.24) is 0 Å². The molecule has 0 saturated heterocycles. The molecule has 2 rings (SSSR count). The second-order valence-corrected chi connectivity index (χ2v) is 5.54. The van der Waals surface area contributed by atoms with Gasteiger partial charge in [-0.25, -0.2) is 4.79 Å². The first-order chi connectivity index (χ1) is 11.9. The van der Waals surface area contributed by atoms with Gasteiger partial charge in [0.2, 0.25) is 0 Å². The first-order valence-corrected chi connectivity index (χ1v) is 7.66. The maximum atomic E-state index is 12.3. The molecule has 5 N–H and O–H groups in total. The predicted octanol–water partition coefficient (Wildman–Crippen LogP) is 3.08. The Bertz CT molecular complexity index is 776. The van der Waals surface area contributed by atoms with Gasteiger partial charge in [0.25, 0.3) is 0 Å². The largest absolute Gasteiger partial charge is 0.481 e. The van der Waals surface area contributed by atoms with Crippen LogP contribution in [0.5, 0.6) is 0 Å². The Balaban J connectivity index is 0.00000338. The van der Waals surface area contributed by atoms with E-state index in [4.69, 9.17) is 16.2 Å². The number of amidine groups is 1. The number of carboxylic acid groups (broad SMARTS) is 1. The molecule has 2 amide bonds. The number of aryl methyl sites for hydroxylation is 1. The van der Waals surface area contributed by atoms with Gasteiger partial charge in [0.05, 0.1) is 0 Å². The monoisotopic (exact) mass is 376 g/mol. The summed E-state index contributed by atoms with van der Waals surface area (Å²) in [4.78, 5) is 24.3. The minimum Gasteiger partial charge on any atom is -0.481 e. The van der Waals surface area contributed by atoms with Crippen LogP contribution >= 0.6 is 12.4 Å². The standard InChI is InChI=1S/C18H20N4O3.ClH/c1-22(15-9-5-13(6-10-15)17(19)20)18(25)21-14-7-2-12(3-8-14)4-11-16(23)24;/h2-3,5-10H,4,11H2,1H3,(H3,19,20)(H,21,25)(H,23,24);1H. The SMILES string of the molecule is CN(C(=O)Nc1ccc(CCC(=O)O)cc1)c1ccc(C(=N)N)cc1.Cl. The van der Waals surface area contributed by atoms with E-state index in [0.29, 0.717) is 23.4 Å². The van der Waals surface area contributed by atoms with Crippen molar-refractivity contribution in [2.45, 2.75) is 12.8 Å². The molecule has 0 aromatic heterocycles. The van der Waals surface area contributed by atoms with Crippen molar-refractivity contribution in [2.75, 3.05) is 17.3 Å². The number of anilines is 2. The summed E-state index contributed by atoms with van der Waals surface area (Å²) in [5.74, 6) is -0.864. The van der Waals surface area contributed by atoms with Gasteiger partial charge in [-0.3, -0.25) is 15.1 Å². The van der Waals surface area contributed by atoms with Gasteiger partial charge in [-0.1, -0.05) is 12.1 Å². The van der Waals surface area contributed by atoms with Gasteiger partial charge in [0.15, 0.2) is 0 Å². The van der Waals surface area contributed by atoms with Gasteiger partial charge >= 0.3 is 12.0 Å². The number of hydrogen-bond donors (Lipinski definition) is 4. The summed E-state index contributed by atoms with van der Waals surface area (Å²) in [6, 6.07) is 13.5. The van der Waals surface area contributed by atoms with Crippen LogP contribution in [0.15, 0.2) is 48.5 Å². The minimum atomic E-state index is -0.838. The number of benzene rings is 2. The van der Waals surface area contributed by atoms with Crippen molar-refractivity contribution < 1.29 is 14.7 Å². The Labute approximate surface area is 157 Å². The number of nitrogens with zero attached hydrogens (tertiary/aromatic N) is 1. The molecule has 0 spiro atoms. The molecule has 0 heterocycles. The van der Waals surface area contributed by atoms with E-state index in [2.05, 4.69) is 5.32 Å². The van der Waals surface area contributed by atoms with Crippen molar-refractivity contribution in [3.05, 3.63) is 59.7 Å². The normalized spacial score (nSPS) is 9.73. The molecule has 0 aliphatic carbocycles. The topological polar surface area (TPSA) is 120 Å². The number of carbonyl (C=O) groups excluding carboxylic acids is 1. The van der Waals surface area contributed by atoms with Crippen LogP contribution in [0.2, 0.25) is 0 Å². The van der Waals surface area contributed by atoms with Crippen LogP contribution in [0.4, 0.5) is 16.2 Å². The lowest BCUT2D eigenvalue weighted by atomic mass is 10.1. The van der Waals surface area contributed by atoms with Gasteiger partial charge in [0.1, 0.15) is 5.84 Å². The molecule has 2 aromatic rings. The van der Waals surface area contributed by atoms with Crippen LogP contribution in [0.1, 0.15) is 17.5 Å². The lowest BCUT2D eigenvalue weighted by Crippen LogP contribution is -2.31. The maximum absolute atomic E-state index is 12.3. The first-order valence-electron chi connectivity index (χ1n) is 7.66. The molecule has 0 atom stereocenters. The van der Waals surface area contributed by atoms with E-state index in [1.165, 1.54) is 4.90 Å². The van der Waals surface area contributed by atoms with E-state index in [1.54, 1.807) is 55.6 Å². The molecular weight excluding hydrogens is 356 g/mol. The zero-order chi connectivity index (χ0) is 18.4. The molecule has 0 unspecified atom stereocenters. The summed E-state index contributed by atoms with van der Waals surface area (Å²) in [6.45, 7) is 0. The number of carboxylic acids is 1. The smallest absolute Gasteiger partial charge is 0.326 e. The fourth-order valence-electron chi connectivity index (χ4n) is 2.20. The molecule has 0 radical (unpaired) electrons. The third-order valence-corrected chi connectivity index (χ3v) is 3.70. The maximum Gasteiger partial charge on any atom is 0.326 e. The third kappa shape index (κ3) is 5.78. The van der Waals surface area contributed by atoms with E-state index in [1.807, 2.05) is 0 Å². The number of nitrogens with one attached hydrogen (secondary N) is 2. The second-order valence-electron chi connectivity index (χ2n) is 5.54. The van der Waals surface area contributed by atoms with Crippen LogP contribution in [-0.2, 0) is 11.2 Å². The molecule has 0 aliphatic rings. The van der Waals surface area contributed by atoms with Crippen LogP contribution in [0.25, 0.3) is 0 Å². The zero-order valence-electron chi connectivity index (χ0n) is 14.2. The molecule has 0 bridgehead atoms. The molecule has 0 fully saturated rings. The van der Waals surface area contributed by atoms with Crippen LogP contribution in [0, 0.1) is 5.41 Å². The highest BCUT2D eigenvalue weighted by Crippen LogP contribution is 2.16. The van der Waals surface area contributed by atoms with E-state index in [9.17, 15) is 9.59 Å². The van der Waals surface area contributed by atoms with E-state index in [0.717, 1.165) is 5.56 Å². The number of carbonyl (C=O) groups is 2. The number of aliphatic carboxylic acids is 1. The fourth-order valence-corrected chi connectivity index (χ4v) is 2.20. The van der Waals surface area contributed by atoms with Gasteiger partial charge in [-0.15, -0.1) is 12.4 Å². The Morgan fingerprint density at radius 3 is 2.19 bits per heavy atom. The average molecular weight is 377 g/mol. The van der Waals surface area contributed by atoms with Crippen LogP contribution in [0.3, 0.4) is 0 Å². The summed E-state index contributed by atoms with van der Waals surface area (Å²) in [5.41, 5.74) is 8.19. The van der Waals surface area contributed by atoms with Crippen molar-refractivity contribution in [2.24, 2.45) is 5.73 Å². The van der Waals surface area contributed by atoms with Crippen molar-refractivity contribution in [1.29, 1.82) is 5.41 Å². The summed E-state index contributed by atoms with van der Waals surface area (Å²) >= 11 is 0. The summed E-state index contributed by atoms with van der Waals surface area (Å²) in [7, 11) is 1.64. The molecule has 138 valence electrons. The molecule has 8 heteroatoms. The van der Waals surface area contributed by atoms with Crippen molar-refractivity contribution in [3.63, 3.8) is 0 Å². The number of urea groups is 1. The summed E-state index contributed by atoms with van der Waals surface area (Å²) < 4.78 is 0. The van der Waals surface area contributed by atoms with Crippen LogP contribution < -0.4 is 16.0 Å². The Hall–Kier alpha value is -3.06. The fraction of sp³-hybridized carbons (Fsp3) is 0.167. The number of nitrogen functional groups attached to an aromatic ring is 1. The van der Waals surface area contributed by atoms with Crippen molar-refractivity contribution >= 4 is 41.6 Å². The number of hydrogen-bond acceptors (Lipinski definition) is 3. The molecular formula is C18H21ClN4O3. The van der Waals surface area contributed by atoms with Gasteiger partial charge in [0, 0.05) is 30.4 Å². The lowest BCUT2D eigenvalue weighted by Gasteiger charge is -2.18. The van der Waals surface area contributed by atoms with Crippen molar-refractivity contribution in [3.8, 4) is 0 Å². The quantitative estimate of drug-likeness (QED) is 0.457. The minimum absolute atomic E-state index is 0. The first kappa shape index (κ1) is 21.0. The van der Waals surface area contributed by atoms with E-state index < -0.39 is 5.97 Å². The zero-order valence-corrected chi connectivity index (χ0v) is 15.0. The van der Waals surface area contributed by atoms with Gasteiger partial charge in [-0.2, -0.15) is 0 Å². The van der Waals surface area contributed by atoms with E-state index in [-0.39, 0.29) is 30.7 Å². The van der Waals surface area contributed by atoms with Gasteiger partial charge < -0.3 is 16.2 Å². The number of amides is 2. The average Bonchev–Trinajstić information content (AvgIpc) is 2.60. The Morgan fingerprint density at radius 1 is 1.12 bits per heavy atom. The van der Waals surface area contributed by atoms with Crippen LogP contribution in [-0.4, -0.2) is 30.0 Å². The summed E-state index contributed by atoms with van der Waals surface area (Å²) in [6.07, 6.45) is 0.524. The Kier molecular flexibility index (Phi) is 7.61. The van der Waals surface area contributed by atoms with E-state index >= 15 is 0 Å². The second kappa shape index (κ2) is 9.43. The third-order valence-electron chi connectivity index (χ3n) is 3.70. The molecule has 2 aromatic carbocycles. The number of nitrogens with two attached hydrogens (primary N) is 1. The number of rotatable bonds is 6. The Morgan fingerprint density at radius 2 is 1.69 bits per heavy atom.